The van der Waals surface area contributed by atoms with Crippen LogP contribution < -0.4 is 5.32 Å². The predicted molar refractivity (Wildman–Crippen MR) is 75.9 cm³/mol. The second-order valence-electron chi connectivity index (χ2n) is 4.84. The van der Waals surface area contributed by atoms with Gasteiger partial charge in [0.25, 0.3) is 0 Å². The Morgan fingerprint density at radius 2 is 2.16 bits per heavy atom. The second-order valence-corrected chi connectivity index (χ2v) is 5.28. The standard InChI is InChI=1S/C15H18ClNO2/c16-13-7-5-12(6-8-13)14(18)10-17-15(19)9-11-3-1-2-4-11/h1,3,5-8,11,14,18H,2,4,9-10H2,(H,17,19)/t11-,14-/m0/s1. The van der Waals surface area contributed by atoms with E-state index in [1.54, 1.807) is 24.3 Å². The summed E-state index contributed by atoms with van der Waals surface area (Å²) in [7, 11) is 0. The molecule has 0 saturated carbocycles. The van der Waals surface area contributed by atoms with Crippen LogP contribution in [0.5, 0.6) is 0 Å². The van der Waals surface area contributed by atoms with Crippen LogP contribution in [0, 0.1) is 5.92 Å². The topological polar surface area (TPSA) is 49.3 Å². The number of hydrogen-bond donors (Lipinski definition) is 2. The summed E-state index contributed by atoms with van der Waals surface area (Å²) in [6.45, 7) is 0.233. The van der Waals surface area contributed by atoms with Gasteiger partial charge in [0.05, 0.1) is 6.10 Å². The molecule has 0 heterocycles. The van der Waals surface area contributed by atoms with E-state index >= 15 is 0 Å². The second kappa shape index (κ2) is 6.73. The van der Waals surface area contributed by atoms with Gasteiger partial charge in [0.2, 0.25) is 5.91 Å². The van der Waals surface area contributed by atoms with E-state index in [9.17, 15) is 9.90 Å². The van der Waals surface area contributed by atoms with E-state index in [1.165, 1.54) is 0 Å². The first-order valence-corrected chi connectivity index (χ1v) is 6.90. The first-order chi connectivity index (χ1) is 9.15. The Bertz CT molecular complexity index is 456. The van der Waals surface area contributed by atoms with Gasteiger partial charge in [-0.1, -0.05) is 35.9 Å². The molecule has 0 aliphatic heterocycles. The fourth-order valence-corrected chi connectivity index (χ4v) is 2.31. The molecule has 2 atom stereocenters. The summed E-state index contributed by atoms with van der Waals surface area (Å²) in [5, 5.41) is 13.3. The van der Waals surface area contributed by atoms with Gasteiger partial charge < -0.3 is 10.4 Å². The molecule has 4 heteroatoms. The van der Waals surface area contributed by atoms with E-state index in [4.69, 9.17) is 11.6 Å². The molecule has 0 spiro atoms. The third kappa shape index (κ3) is 4.37. The van der Waals surface area contributed by atoms with Crippen LogP contribution in [0.25, 0.3) is 0 Å². The lowest BCUT2D eigenvalue weighted by atomic mass is 10.0. The van der Waals surface area contributed by atoms with Gasteiger partial charge in [0.15, 0.2) is 0 Å². The van der Waals surface area contributed by atoms with Gasteiger partial charge in [-0.3, -0.25) is 4.79 Å². The number of benzene rings is 1. The Morgan fingerprint density at radius 3 is 2.79 bits per heavy atom. The molecule has 1 aliphatic carbocycles. The molecule has 1 amide bonds. The molecule has 0 saturated heterocycles. The van der Waals surface area contributed by atoms with E-state index in [-0.39, 0.29) is 12.5 Å². The van der Waals surface area contributed by atoms with Crippen LogP contribution in [0.2, 0.25) is 5.02 Å². The molecule has 1 aromatic carbocycles. The molecule has 2 N–H and O–H groups in total. The molecule has 1 aliphatic rings. The molecule has 0 fully saturated rings. The molecule has 0 bridgehead atoms. The average molecular weight is 280 g/mol. The molecule has 2 rings (SSSR count). The number of carbonyl (C=O) groups excluding carboxylic acids is 1. The van der Waals surface area contributed by atoms with E-state index in [0.29, 0.717) is 17.4 Å². The highest BCUT2D eigenvalue weighted by Crippen LogP contribution is 2.20. The van der Waals surface area contributed by atoms with Crippen molar-refractivity contribution in [1.82, 2.24) is 5.32 Å². The SMILES string of the molecule is O=C(C[C@H]1C=CCC1)NC[C@H](O)c1ccc(Cl)cc1. The number of allylic oxidation sites excluding steroid dienone is 2. The molecule has 0 radical (unpaired) electrons. The van der Waals surface area contributed by atoms with Crippen molar-refractivity contribution in [1.29, 1.82) is 0 Å². The number of aliphatic hydroxyl groups excluding tert-OH is 1. The number of amides is 1. The first kappa shape index (κ1) is 14.1. The molecule has 19 heavy (non-hydrogen) atoms. The van der Waals surface area contributed by atoms with Crippen LogP contribution in [0.3, 0.4) is 0 Å². The van der Waals surface area contributed by atoms with Gasteiger partial charge in [-0.05, 0) is 36.5 Å². The van der Waals surface area contributed by atoms with Crippen molar-refractivity contribution in [2.45, 2.75) is 25.4 Å². The van der Waals surface area contributed by atoms with Crippen LogP contribution in [0.1, 0.15) is 30.9 Å². The molecule has 3 nitrogen and oxygen atoms in total. The van der Waals surface area contributed by atoms with Crippen LogP contribution in [0.4, 0.5) is 0 Å². The lowest BCUT2D eigenvalue weighted by Crippen LogP contribution is -2.29. The number of hydrogen-bond acceptors (Lipinski definition) is 2. The van der Waals surface area contributed by atoms with Gasteiger partial charge in [-0.25, -0.2) is 0 Å². The van der Waals surface area contributed by atoms with Gasteiger partial charge in [0, 0.05) is 18.0 Å². The summed E-state index contributed by atoms with van der Waals surface area (Å²) in [6.07, 6.45) is 6.12. The van der Waals surface area contributed by atoms with Crippen molar-refractivity contribution >= 4 is 17.5 Å². The fourth-order valence-electron chi connectivity index (χ4n) is 2.19. The number of halogens is 1. The minimum atomic E-state index is -0.694. The fraction of sp³-hybridized carbons (Fsp3) is 0.400. The monoisotopic (exact) mass is 279 g/mol. The summed E-state index contributed by atoms with van der Waals surface area (Å²) in [4.78, 5) is 11.7. The first-order valence-electron chi connectivity index (χ1n) is 6.52. The Hall–Kier alpha value is -1.32. The lowest BCUT2D eigenvalue weighted by molar-refractivity contribution is -0.122. The van der Waals surface area contributed by atoms with Gasteiger partial charge in [-0.15, -0.1) is 0 Å². The lowest BCUT2D eigenvalue weighted by Gasteiger charge is -2.13. The Balaban J connectivity index is 1.76. The summed E-state index contributed by atoms with van der Waals surface area (Å²) >= 11 is 5.78. The number of nitrogens with one attached hydrogen (secondary N) is 1. The Morgan fingerprint density at radius 1 is 1.42 bits per heavy atom. The maximum atomic E-state index is 11.7. The zero-order valence-electron chi connectivity index (χ0n) is 10.7. The number of carbonyl (C=O) groups is 1. The highest BCUT2D eigenvalue weighted by atomic mass is 35.5. The quantitative estimate of drug-likeness (QED) is 0.814. The number of aliphatic hydroxyl groups is 1. The summed E-state index contributed by atoms with van der Waals surface area (Å²) in [5.74, 6) is 0.345. The van der Waals surface area contributed by atoms with Crippen molar-refractivity contribution in [2.75, 3.05) is 6.54 Å². The predicted octanol–water partition coefficient (Wildman–Crippen LogP) is 2.85. The van der Waals surface area contributed by atoms with Crippen molar-refractivity contribution in [2.24, 2.45) is 5.92 Å². The van der Waals surface area contributed by atoms with Crippen LogP contribution >= 0.6 is 11.6 Å². The van der Waals surface area contributed by atoms with Gasteiger partial charge >= 0.3 is 0 Å². The highest BCUT2D eigenvalue weighted by Gasteiger charge is 2.15. The zero-order valence-corrected chi connectivity index (χ0v) is 11.4. The molecule has 0 unspecified atom stereocenters. The maximum absolute atomic E-state index is 11.7. The zero-order chi connectivity index (χ0) is 13.7. The minimum Gasteiger partial charge on any atom is -0.387 e. The summed E-state index contributed by atoms with van der Waals surface area (Å²) < 4.78 is 0. The van der Waals surface area contributed by atoms with Crippen LogP contribution in [-0.2, 0) is 4.79 Å². The summed E-state index contributed by atoms with van der Waals surface area (Å²) in [6, 6.07) is 6.98. The van der Waals surface area contributed by atoms with Crippen LogP contribution in [0.15, 0.2) is 36.4 Å². The van der Waals surface area contributed by atoms with Gasteiger partial charge in [-0.2, -0.15) is 0 Å². The normalized spacial score (nSPS) is 19.4. The molecule has 0 aromatic heterocycles. The van der Waals surface area contributed by atoms with Crippen molar-refractivity contribution in [3.8, 4) is 0 Å². The van der Waals surface area contributed by atoms with E-state index in [1.807, 2.05) is 0 Å². The number of rotatable bonds is 5. The molecule has 102 valence electrons. The van der Waals surface area contributed by atoms with E-state index in [2.05, 4.69) is 17.5 Å². The van der Waals surface area contributed by atoms with Crippen molar-refractivity contribution in [3.05, 3.63) is 47.0 Å². The summed E-state index contributed by atoms with van der Waals surface area (Å²) in [5.41, 5.74) is 0.755. The smallest absolute Gasteiger partial charge is 0.220 e. The maximum Gasteiger partial charge on any atom is 0.220 e. The van der Waals surface area contributed by atoms with Crippen molar-refractivity contribution < 1.29 is 9.90 Å². The Labute approximate surface area is 118 Å². The minimum absolute atomic E-state index is 0.00966. The highest BCUT2D eigenvalue weighted by molar-refractivity contribution is 6.30. The van der Waals surface area contributed by atoms with Gasteiger partial charge in [0.1, 0.15) is 0 Å². The third-order valence-corrected chi connectivity index (χ3v) is 3.56. The third-order valence-electron chi connectivity index (χ3n) is 3.31. The van der Waals surface area contributed by atoms with Crippen LogP contribution in [-0.4, -0.2) is 17.6 Å². The molecular weight excluding hydrogens is 262 g/mol. The largest absolute Gasteiger partial charge is 0.387 e. The molecular formula is C15H18ClNO2. The van der Waals surface area contributed by atoms with E-state index in [0.717, 1.165) is 18.4 Å². The van der Waals surface area contributed by atoms with E-state index < -0.39 is 6.10 Å². The Kier molecular flexibility index (Phi) is 5.00. The molecule has 1 aromatic rings. The van der Waals surface area contributed by atoms with Crippen molar-refractivity contribution in [3.63, 3.8) is 0 Å². The average Bonchev–Trinajstić information content (AvgIpc) is 2.89.